The summed E-state index contributed by atoms with van der Waals surface area (Å²) in [6.45, 7) is 6.72. The number of nitrogens with one attached hydrogen (secondary N) is 2. The van der Waals surface area contributed by atoms with Gasteiger partial charge in [-0.15, -0.1) is 6.58 Å². The van der Waals surface area contributed by atoms with Crippen LogP contribution < -0.4 is 10.6 Å². The topological polar surface area (TPSA) is 51.8 Å². The van der Waals surface area contributed by atoms with Crippen molar-refractivity contribution in [2.24, 2.45) is 0 Å². The molecule has 124 valence electrons. The summed E-state index contributed by atoms with van der Waals surface area (Å²) in [5.41, 5.74) is 1.21. The van der Waals surface area contributed by atoms with Gasteiger partial charge in [0.25, 0.3) is 0 Å². The molecule has 0 aromatic heterocycles. The van der Waals surface area contributed by atoms with Crippen molar-refractivity contribution in [1.29, 1.82) is 0 Å². The molecule has 0 saturated carbocycles. The molecule has 0 aliphatic carbocycles. The molecule has 0 aliphatic rings. The van der Waals surface area contributed by atoms with E-state index in [0.717, 1.165) is 13.0 Å². The Morgan fingerprint density at radius 3 is 2.18 bits per heavy atom. The van der Waals surface area contributed by atoms with Crippen LogP contribution in [-0.4, -0.2) is 42.0 Å². The van der Waals surface area contributed by atoms with Gasteiger partial charge in [-0.3, -0.25) is 10.6 Å². The van der Waals surface area contributed by atoms with Crippen molar-refractivity contribution >= 4 is 8.80 Å². The van der Waals surface area contributed by atoms with E-state index in [1.54, 1.807) is 21.3 Å². The van der Waals surface area contributed by atoms with Crippen LogP contribution in [0, 0.1) is 0 Å². The Balaban J connectivity index is 2.67. The van der Waals surface area contributed by atoms with Gasteiger partial charge < -0.3 is 13.3 Å². The first-order chi connectivity index (χ1) is 10.7. The van der Waals surface area contributed by atoms with Crippen LogP contribution in [0.5, 0.6) is 0 Å². The minimum absolute atomic E-state index is 0.0150. The van der Waals surface area contributed by atoms with Crippen molar-refractivity contribution in [3.05, 3.63) is 48.6 Å². The van der Waals surface area contributed by atoms with Gasteiger partial charge in [-0.05, 0) is 12.0 Å². The Labute approximate surface area is 135 Å². The van der Waals surface area contributed by atoms with Crippen molar-refractivity contribution in [3.8, 4) is 0 Å². The third-order valence-electron chi connectivity index (χ3n) is 3.67. The van der Waals surface area contributed by atoms with Crippen LogP contribution in [0.1, 0.15) is 18.9 Å². The Kier molecular flexibility index (Phi) is 8.55. The Morgan fingerprint density at radius 2 is 1.73 bits per heavy atom. The number of hydrogen-bond donors (Lipinski definition) is 2. The van der Waals surface area contributed by atoms with Crippen LogP contribution in [0.2, 0.25) is 0 Å². The second-order valence-corrected chi connectivity index (χ2v) is 8.05. The summed E-state index contributed by atoms with van der Waals surface area (Å²) < 4.78 is 16.7. The second kappa shape index (κ2) is 9.89. The first kappa shape index (κ1) is 19.0. The molecular formula is C16H28N2O3Si. The Bertz CT molecular complexity index is 418. The van der Waals surface area contributed by atoms with Crippen molar-refractivity contribution in [1.82, 2.24) is 10.6 Å². The molecule has 6 heteroatoms. The lowest BCUT2D eigenvalue weighted by Gasteiger charge is -2.34. The average molecular weight is 324 g/mol. The summed E-state index contributed by atoms with van der Waals surface area (Å²) in [5, 5.41) is 6.90. The van der Waals surface area contributed by atoms with E-state index in [1.807, 2.05) is 24.3 Å². The summed E-state index contributed by atoms with van der Waals surface area (Å²) in [4.78, 5) is 0. The van der Waals surface area contributed by atoms with E-state index in [9.17, 15) is 0 Å². The summed E-state index contributed by atoms with van der Waals surface area (Å²) in [6, 6.07) is 10.2. The molecule has 0 spiro atoms. The number of rotatable bonds is 11. The van der Waals surface area contributed by atoms with Crippen molar-refractivity contribution < 1.29 is 13.3 Å². The molecule has 0 amide bonds. The Hall–Kier alpha value is -1.02. The van der Waals surface area contributed by atoms with E-state index in [1.165, 1.54) is 5.56 Å². The normalized spacial score (nSPS) is 14.5. The average Bonchev–Trinajstić information content (AvgIpc) is 2.59. The predicted octanol–water partition coefficient (Wildman–Crippen LogP) is 2.07. The van der Waals surface area contributed by atoms with Crippen molar-refractivity contribution in [2.75, 3.05) is 21.3 Å². The summed E-state index contributed by atoms with van der Waals surface area (Å²) >= 11 is 0. The molecule has 0 saturated heterocycles. The zero-order valence-electron chi connectivity index (χ0n) is 14.0. The van der Waals surface area contributed by atoms with Crippen LogP contribution in [0.15, 0.2) is 43.0 Å². The molecule has 22 heavy (non-hydrogen) atoms. The molecule has 0 radical (unpaired) electrons. The maximum Gasteiger partial charge on any atom is 0.518 e. The summed E-state index contributed by atoms with van der Waals surface area (Å²) in [5.74, 6) is 0. The van der Waals surface area contributed by atoms with Crippen LogP contribution in [0.25, 0.3) is 0 Å². The lowest BCUT2D eigenvalue weighted by atomic mass is 10.2. The van der Waals surface area contributed by atoms with Crippen LogP contribution in [-0.2, 0) is 19.8 Å². The molecule has 0 fully saturated rings. The molecule has 1 rings (SSSR count). The third-order valence-corrected chi connectivity index (χ3v) is 6.81. The fraction of sp³-hybridized carbons (Fsp3) is 0.500. The highest BCUT2D eigenvalue weighted by molar-refractivity contribution is 6.62. The van der Waals surface area contributed by atoms with Gasteiger partial charge in [0.2, 0.25) is 0 Å². The molecule has 1 aromatic carbocycles. The smallest absolute Gasteiger partial charge is 0.376 e. The maximum atomic E-state index is 5.57. The van der Waals surface area contributed by atoms with Gasteiger partial charge in [0.05, 0.1) is 11.8 Å². The zero-order chi connectivity index (χ0) is 16.4. The number of hydrogen-bond acceptors (Lipinski definition) is 5. The van der Waals surface area contributed by atoms with E-state index in [-0.39, 0.29) is 11.8 Å². The van der Waals surface area contributed by atoms with Gasteiger partial charge in [-0.25, -0.2) is 0 Å². The molecule has 5 nitrogen and oxygen atoms in total. The second-order valence-electron chi connectivity index (χ2n) is 4.92. The number of benzene rings is 1. The molecular weight excluding hydrogens is 296 g/mol. The van der Waals surface area contributed by atoms with E-state index >= 15 is 0 Å². The maximum absolute atomic E-state index is 5.57. The van der Waals surface area contributed by atoms with Gasteiger partial charge in [0, 0.05) is 27.9 Å². The zero-order valence-corrected chi connectivity index (χ0v) is 15.0. The van der Waals surface area contributed by atoms with E-state index < -0.39 is 8.80 Å². The van der Waals surface area contributed by atoms with E-state index in [2.05, 4.69) is 36.3 Å². The lowest BCUT2D eigenvalue weighted by molar-refractivity contribution is 0.104. The van der Waals surface area contributed by atoms with Crippen molar-refractivity contribution in [3.63, 3.8) is 0 Å². The van der Waals surface area contributed by atoms with Gasteiger partial charge in [-0.2, -0.15) is 0 Å². The predicted molar refractivity (Wildman–Crippen MR) is 91.3 cm³/mol. The minimum Gasteiger partial charge on any atom is -0.376 e. The quantitative estimate of drug-likeness (QED) is 0.371. The first-order valence-corrected chi connectivity index (χ1v) is 9.27. The fourth-order valence-corrected chi connectivity index (χ4v) is 4.63. The van der Waals surface area contributed by atoms with Crippen LogP contribution in [0.3, 0.4) is 0 Å². The molecule has 2 unspecified atom stereocenters. The largest absolute Gasteiger partial charge is 0.518 e. The van der Waals surface area contributed by atoms with E-state index in [4.69, 9.17) is 13.3 Å². The SMILES string of the molecule is C=CC(NCc1ccccc1)NC(CC)[Si](OC)(OC)OC. The summed E-state index contributed by atoms with van der Waals surface area (Å²) in [6.07, 6.45) is 2.61. The van der Waals surface area contributed by atoms with Gasteiger partial charge in [0.15, 0.2) is 0 Å². The lowest BCUT2D eigenvalue weighted by Crippen LogP contribution is -2.63. The molecule has 0 aliphatic heterocycles. The highest BCUT2D eigenvalue weighted by atomic mass is 28.4. The first-order valence-electron chi connectivity index (χ1n) is 7.47. The van der Waals surface area contributed by atoms with E-state index in [0.29, 0.717) is 0 Å². The molecule has 0 heterocycles. The highest BCUT2D eigenvalue weighted by Crippen LogP contribution is 2.15. The van der Waals surface area contributed by atoms with Gasteiger partial charge in [0.1, 0.15) is 0 Å². The highest BCUT2D eigenvalue weighted by Gasteiger charge is 2.46. The van der Waals surface area contributed by atoms with Gasteiger partial charge in [-0.1, -0.05) is 43.3 Å². The fourth-order valence-electron chi connectivity index (χ4n) is 2.40. The monoisotopic (exact) mass is 324 g/mol. The molecule has 1 aromatic rings. The van der Waals surface area contributed by atoms with Crippen molar-refractivity contribution in [2.45, 2.75) is 31.7 Å². The van der Waals surface area contributed by atoms with Crippen LogP contribution >= 0.6 is 0 Å². The molecule has 2 N–H and O–H groups in total. The summed E-state index contributed by atoms with van der Waals surface area (Å²) in [7, 11) is 2.15. The third kappa shape index (κ3) is 5.01. The standard InChI is InChI=1S/C16H28N2O3Si/c1-6-15(17-13-14-11-9-8-10-12-14)18-16(7-2)22(19-3,20-4)21-5/h6,8-12,15-18H,1,7,13H2,2-5H3. The molecule has 2 atom stereocenters. The minimum atomic E-state index is -2.73. The molecule has 0 bridgehead atoms. The van der Waals surface area contributed by atoms with Crippen LogP contribution in [0.4, 0.5) is 0 Å². The van der Waals surface area contributed by atoms with Gasteiger partial charge >= 0.3 is 8.80 Å². The Morgan fingerprint density at radius 1 is 1.14 bits per heavy atom.